The van der Waals surface area contributed by atoms with E-state index in [4.69, 9.17) is 10.5 Å². The van der Waals surface area contributed by atoms with Crippen LogP contribution in [0.1, 0.15) is 5.56 Å². The molecule has 0 radical (unpaired) electrons. The molecule has 2 aromatic carbocycles. The fourth-order valence-electron chi connectivity index (χ4n) is 2.45. The van der Waals surface area contributed by atoms with Gasteiger partial charge in [0.2, 0.25) is 0 Å². The Morgan fingerprint density at radius 1 is 0.952 bits per heavy atom. The van der Waals surface area contributed by atoms with E-state index in [1.807, 2.05) is 24.3 Å². The first kappa shape index (κ1) is 13.8. The molecule has 1 heterocycles. The van der Waals surface area contributed by atoms with Crippen molar-refractivity contribution in [2.45, 2.75) is 6.54 Å². The molecule has 0 unspecified atom stereocenters. The maximum absolute atomic E-state index is 5.69. The minimum atomic E-state index is 0.800. The van der Waals surface area contributed by atoms with Crippen LogP contribution in [0.15, 0.2) is 48.5 Å². The van der Waals surface area contributed by atoms with Gasteiger partial charge in [0, 0.05) is 36.7 Å². The number of ether oxygens (including phenoxy) is 1. The average Bonchev–Trinajstić information content (AvgIpc) is 2.56. The molecule has 0 atom stereocenters. The summed E-state index contributed by atoms with van der Waals surface area (Å²) in [4.78, 5) is 2.35. The van der Waals surface area contributed by atoms with Crippen LogP contribution in [-0.4, -0.2) is 26.3 Å². The molecule has 3 rings (SSSR count). The number of benzene rings is 2. The maximum atomic E-state index is 5.69. The Kier molecular flexibility index (Phi) is 4.26. The number of nitrogens with one attached hydrogen (secondary N) is 1. The molecule has 0 bridgehead atoms. The molecule has 4 nitrogen and oxygen atoms in total. The van der Waals surface area contributed by atoms with Crippen LogP contribution in [0.4, 0.5) is 17.1 Å². The Hall–Kier alpha value is -2.20. The van der Waals surface area contributed by atoms with Gasteiger partial charge in [-0.05, 0) is 42.0 Å². The summed E-state index contributed by atoms with van der Waals surface area (Å²) in [6, 6.07) is 16.5. The zero-order chi connectivity index (χ0) is 14.5. The minimum absolute atomic E-state index is 0.800. The predicted molar refractivity (Wildman–Crippen MR) is 87.7 cm³/mol. The molecule has 1 aliphatic heterocycles. The highest BCUT2D eigenvalue weighted by molar-refractivity contribution is 5.55. The number of rotatable bonds is 4. The Morgan fingerprint density at radius 2 is 1.62 bits per heavy atom. The maximum Gasteiger partial charge on any atom is 0.0642 e. The highest BCUT2D eigenvalue weighted by atomic mass is 16.5. The van der Waals surface area contributed by atoms with Crippen LogP contribution in [0.25, 0.3) is 0 Å². The Balaban J connectivity index is 1.57. The lowest BCUT2D eigenvalue weighted by molar-refractivity contribution is 0.122. The number of morpholine rings is 1. The van der Waals surface area contributed by atoms with Crippen molar-refractivity contribution in [2.24, 2.45) is 0 Å². The Bertz CT molecular complexity index is 560. The summed E-state index contributed by atoms with van der Waals surface area (Å²) in [6.45, 7) is 4.38. The number of nitrogens with two attached hydrogens (primary N) is 1. The molecular formula is C17H21N3O. The standard InChI is InChI=1S/C17H21N3O/c18-15-3-1-14(2-4-15)13-19-16-5-7-17(8-6-16)20-9-11-21-12-10-20/h1-8,19H,9-13,18H2. The number of anilines is 3. The lowest BCUT2D eigenvalue weighted by Gasteiger charge is -2.28. The van der Waals surface area contributed by atoms with Crippen LogP contribution in [0.2, 0.25) is 0 Å². The lowest BCUT2D eigenvalue weighted by Crippen LogP contribution is -2.36. The molecule has 3 N–H and O–H groups in total. The van der Waals surface area contributed by atoms with E-state index >= 15 is 0 Å². The summed E-state index contributed by atoms with van der Waals surface area (Å²) in [5, 5.41) is 3.43. The molecule has 1 fully saturated rings. The van der Waals surface area contributed by atoms with Gasteiger partial charge in [-0.15, -0.1) is 0 Å². The van der Waals surface area contributed by atoms with Crippen molar-refractivity contribution in [2.75, 3.05) is 42.3 Å². The smallest absolute Gasteiger partial charge is 0.0642 e. The van der Waals surface area contributed by atoms with Gasteiger partial charge in [0.05, 0.1) is 13.2 Å². The van der Waals surface area contributed by atoms with Crippen LogP contribution < -0.4 is 16.0 Å². The van der Waals surface area contributed by atoms with E-state index in [1.54, 1.807) is 0 Å². The van der Waals surface area contributed by atoms with Crippen molar-refractivity contribution in [1.82, 2.24) is 0 Å². The van der Waals surface area contributed by atoms with Gasteiger partial charge in [-0.3, -0.25) is 0 Å². The molecule has 2 aromatic rings. The summed E-state index contributed by atoms with van der Waals surface area (Å²) >= 11 is 0. The van der Waals surface area contributed by atoms with Crippen LogP contribution in [0.3, 0.4) is 0 Å². The van der Waals surface area contributed by atoms with Crippen molar-refractivity contribution < 1.29 is 4.74 Å². The Labute approximate surface area is 125 Å². The van der Waals surface area contributed by atoms with Gasteiger partial charge in [-0.2, -0.15) is 0 Å². The molecule has 1 saturated heterocycles. The number of nitrogen functional groups attached to an aromatic ring is 1. The Morgan fingerprint density at radius 3 is 2.29 bits per heavy atom. The molecule has 0 aliphatic carbocycles. The van der Waals surface area contributed by atoms with E-state index in [2.05, 4.69) is 34.5 Å². The third-order valence-electron chi connectivity index (χ3n) is 3.72. The summed E-state index contributed by atoms with van der Waals surface area (Å²) in [6.07, 6.45) is 0. The molecule has 110 valence electrons. The van der Waals surface area contributed by atoms with Crippen molar-refractivity contribution in [1.29, 1.82) is 0 Å². The van der Waals surface area contributed by atoms with E-state index in [0.717, 1.165) is 44.2 Å². The normalized spacial score (nSPS) is 15.0. The molecule has 0 amide bonds. The summed E-state index contributed by atoms with van der Waals surface area (Å²) < 4.78 is 5.38. The van der Waals surface area contributed by atoms with E-state index < -0.39 is 0 Å². The summed E-state index contributed by atoms with van der Waals surface area (Å²) in [5.41, 5.74) is 10.1. The van der Waals surface area contributed by atoms with Crippen LogP contribution in [0, 0.1) is 0 Å². The van der Waals surface area contributed by atoms with E-state index in [9.17, 15) is 0 Å². The zero-order valence-electron chi connectivity index (χ0n) is 12.1. The quantitative estimate of drug-likeness (QED) is 0.847. The largest absolute Gasteiger partial charge is 0.399 e. The number of nitrogens with zero attached hydrogens (tertiary/aromatic N) is 1. The zero-order valence-corrected chi connectivity index (χ0v) is 12.1. The monoisotopic (exact) mass is 283 g/mol. The molecule has 0 saturated carbocycles. The number of hydrogen-bond acceptors (Lipinski definition) is 4. The fraction of sp³-hybridized carbons (Fsp3) is 0.294. The third-order valence-corrected chi connectivity index (χ3v) is 3.72. The lowest BCUT2D eigenvalue weighted by atomic mass is 10.2. The molecule has 21 heavy (non-hydrogen) atoms. The predicted octanol–water partition coefficient (Wildman–Crippen LogP) is 2.72. The van der Waals surface area contributed by atoms with Gasteiger partial charge in [0.15, 0.2) is 0 Å². The average molecular weight is 283 g/mol. The molecule has 4 heteroatoms. The van der Waals surface area contributed by atoms with Gasteiger partial charge >= 0.3 is 0 Å². The first-order valence-electron chi connectivity index (χ1n) is 7.32. The third kappa shape index (κ3) is 3.67. The van der Waals surface area contributed by atoms with Gasteiger partial charge in [0.25, 0.3) is 0 Å². The fourth-order valence-corrected chi connectivity index (χ4v) is 2.45. The minimum Gasteiger partial charge on any atom is -0.399 e. The van der Waals surface area contributed by atoms with E-state index in [1.165, 1.54) is 11.3 Å². The van der Waals surface area contributed by atoms with Crippen molar-refractivity contribution >= 4 is 17.1 Å². The molecular weight excluding hydrogens is 262 g/mol. The van der Waals surface area contributed by atoms with Crippen molar-refractivity contribution in [3.05, 3.63) is 54.1 Å². The highest BCUT2D eigenvalue weighted by Gasteiger charge is 2.10. The van der Waals surface area contributed by atoms with Gasteiger partial charge < -0.3 is 20.7 Å². The second kappa shape index (κ2) is 6.50. The van der Waals surface area contributed by atoms with Crippen LogP contribution in [-0.2, 0) is 11.3 Å². The van der Waals surface area contributed by atoms with Gasteiger partial charge in [-0.25, -0.2) is 0 Å². The molecule has 0 aromatic heterocycles. The second-order valence-electron chi connectivity index (χ2n) is 5.24. The van der Waals surface area contributed by atoms with Crippen LogP contribution in [0.5, 0.6) is 0 Å². The topological polar surface area (TPSA) is 50.5 Å². The van der Waals surface area contributed by atoms with Crippen LogP contribution >= 0.6 is 0 Å². The van der Waals surface area contributed by atoms with Crippen molar-refractivity contribution in [3.8, 4) is 0 Å². The molecule has 1 aliphatic rings. The summed E-state index contributed by atoms with van der Waals surface area (Å²) in [5.74, 6) is 0. The van der Waals surface area contributed by atoms with Gasteiger partial charge in [-0.1, -0.05) is 12.1 Å². The second-order valence-corrected chi connectivity index (χ2v) is 5.24. The highest BCUT2D eigenvalue weighted by Crippen LogP contribution is 2.19. The summed E-state index contributed by atoms with van der Waals surface area (Å²) in [7, 11) is 0. The first-order valence-corrected chi connectivity index (χ1v) is 7.32. The van der Waals surface area contributed by atoms with E-state index in [-0.39, 0.29) is 0 Å². The molecule has 0 spiro atoms. The van der Waals surface area contributed by atoms with E-state index in [0.29, 0.717) is 0 Å². The van der Waals surface area contributed by atoms with Gasteiger partial charge in [0.1, 0.15) is 0 Å². The number of hydrogen-bond donors (Lipinski definition) is 2. The first-order chi connectivity index (χ1) is 10.3. The SMILES string of the molecule is Nc1ccc(CNc2ccc(N3CCOCC3)cc2)cc1. The van der Waals surface area contributed by atoms with Crippen molar-refractivity contribution in [3.63, 3.8) is 0 Å².